The van der Waals surface area contributed by atoms with Gasteiger partial charge in [0.05, 0.1) is 5.56 Å². The van der Waals surface area contributed by atoms with Crippen molar-refractivity contribution in [2.45, 2.75) is 44.3 Å². The number of nitrogens with one attached hydrogen (secondary N) is 1. The molecule has 4 rings (SSSR count). The van der Waals surface area contributed by atoms with E-state index in [-0.39, 0.29) is 18.3 Å². The first kappa shape index (κ1) is 24.9. The van der Waals surface area contributed by atoms with Gasteiger partial charge < -0.3 is 25.3 Å². The number of pyridine rings is 1. The number of aromatic nitrogens is 1. The Labute approximate surface area is 200 Å². The van der Waals surface area contributed by atoms with Gasteiger partial charge in [-0.3, -0.25) is 9.59 Å². The third kappa shape index (κ3) is 5.57. The highest BCUT2D eigenvalue weighted by Gasteiger charge is 2.37. The molecule has 0 aliphatic carbocycles. The number of benzene rings is 1. The van der Waals surface area contributed by atoms with Gasteiger partial charge in [0.15, 0.2) is 12.2 Å². The lowest BCUT2D eigenvalue weighted by molar-refractivity contribution is -0.153. The fourth-order valence-electron chi connectivity index (χ4n) is 4.52. The van der Waals surface area contributed by atoms with Crippen LogP contribution in [0.1, 0.15) is 29.5 Å². The van der Waals surface area contributed by atoms with Crippen LogP contribution < -0.4 is 10.2 Å². The van der Waals surface area contributed by atoms with Gasteiger partial charge in [-0.1, -0.05) is 24.3 Å². The average molecular weight is 492 g/mol. The molecule has 188 valence electrons. The minimum absolute atomic E-state index is 0.0265. The molecule has 35 heavy (non-hydrogen) atoms. The summed E-state index contributed by atoms with van der Waals surface area (Å²) >= 11 is 0. The van der Waals surface area contributed by atoms with E-state index in [4.69, 9.17) is 0 Å². The highest BCUT2D eigenvalue weighted by atomic mass is 19.4. The molecule has 1 saturated heterocycles. The van der Waals surface area contributed by atoms with Crippen molar-refractivity contribution in [1.29, 1.82) is 0 Å². The predicted octanol–water partition coefficient (Wildman–Crippen LogP) is 1.70. The molecule has 2 aliphatic heterocycles. The van der Waals surface area contributed by atoms with Crippen LogP contribution in [0, 0.1) is 5.92 Å². The summed E-state index contributed by atoms with van der Waals surface area (Å²) < 4.78 is 39.8. The van der Waals surface area contributed by atoms with Crippen LogP contribution in [0.3, 0.4) is 0 Å². The van der Waals surface area contributed by atoms with E-state index >= 15 is 0 Å². The lowest BCUT2D eigenvalue weighted by Crippen LogP contribution is -2.50. The Morgan fingerprint density at radius 1 is 1.03 bits per heavy atom. The molecular formula is C24H27F3N4O4. The van der Waals surface area contributed by atoms with Gasteiger partial charge in [0.2, 0.25) is 0 Å². The Bertz CT molecular complexity index is 1050. The number of alkyl halides is 3. The van der Waals surface area contributed by atoms with E-state index in [0.29, 0.717) is 39.0 Å². The predicted molar refractivity (Wildman–Crippen MR) is 120 cm³/mol. The monoisotopic (exact) mass is 492 g/mol. The van der Waals surface area contributed by atoms with E-state index in [1.807, 2.05) is 24.3 Å². The molecule has 2 aromatic rings. The number of fused-ring (bicyclic) bond motifs is 1. The van der Waals surface area contributed by atoms with E-state index in [9.17, 15) is 33.0 Å². The SMILES string of the molecule is O=C(NCC1CCN(c2ncccc2C(F)(F)F)CC1)[C@H](O)[C@@H](O)C(=O)N1Cc2ccccc2C1. The number of hydrogen-bond donors (Lipinski definition) is 3. The van der Waals surface area contributed by atoms with Crippen LogP contribution in [0.5, 0.6) is 0 Å². The molecule has 0 spiro atoms. The van der Waals surface area contributed by atoms with Gasteiger partial charge in [0.25, 0.3) is 11.8 Å². The van der Waals surface area contributed by atoms with Crippen LogP contribution in [-0.2, 0) is 28.9 Å². The van der Waals surface area contributed by atoms with Crippen LogP contribution in [0.25, 0.3) is 0 Å². The highest BCUT2D eigenvalue weighted by Crippen LogP contribution is 2.36. The standard InChI is InChI=1S/C24H27F3N4O4/c25-24(26,27)18-6-3-9-28-21(18)30-10-7-15(8-11-30)12-29-22(34)19(32)20(33)23(35)31-13-16-4-1-2-5-17(16)14-31/h1-6,9,15,19-20,32-33H,7-8,10-14H2,(H,29,34)/t19-,20-/m1/s1. The Morgan fingerprint density at radius 2 is 1.66 bits per heavy atom. The number of hydrogen-bond acceptors (Lipinski definition) is 6. The molecule has 0 saturated carbocycles. The first-order valence-electron chi connectivity index (χ1n) is 11.4. The van der Waals surface area contributed by atoms with Crippen molar-refractivity contribution >= 4 is 17.6 Å². The summed E-state index contributed by atoms with van der Waals surface area (Å²) in [6, 6.07) is 9.71. The van der Waals surface area contributed by atoms with E-state index in [2.05, 4.69) is 10.3 Å². The van der Waals surface area contributed by atoms with Crippen LogP contribution in [0.15, 0.2) is 42.6 Å². The van der Waals surface area contributed by atoms with Gasteiger partial charge in [-0.05, 0) is 42.0 Å². The number of aliphatic hydroxyl groups is 2. The quantitative estimate of drug-likeness (QED) is 0.567. The van der Waals surface area contributed by atoms with E-state index in [0.717, 1.165) is 17.2 Å². The maximum atomic E-state index is 13.3. The summed E-state index contributed by atoms with van der Waals surface area (Å²) in [4.78, 5) is 31.8. The van der Waals surface area contributed by atoms with Gasteiger partial charge >= 0.3 is 6.18 Å². The van der Waals surface area contributed by atoms with Gasteiger partial charge in [-0.15, -0.1) is 0 Å². The molecule has 0 unspecified atom stereocenters. The van der Waals surface area contributed by atoms with Crippen molar-refractivity contribution in [3.8, 4) is 0 Å². The maximum absolute atomic E-state index is 13.3. The Morgan fingerprint density at radius 3 is 2.26 bits per heavy atom. The summed E-state index contributed by atoms with van der Waals surface area (Å²) in [6.07, 6.45) is -5.97. The minimum atomic E-state index is -4.50. The molecule has 3 heterocycles. The van der Waals surface area contributed by atoms with Gasteiger partial charge in [0, 0.05) is 38.9 Å². The fraction of sp³-hybridized carbons (Fsp3) is 0.458. The first-order chi connectivity index (χ1) is 16.6. The van der Waals surface area contributed by atoms with Crippen LogP contribution >= 0.6 is 0 Å². The topological polar surface area (TPSA) is 106 Å². The molecule has 8 nitrogen and oxygen atoms in total. The van der Waals surface area contributed by atoms with Crippen LogP contribution in [-0.4, -0.2) is 63.8 Å². The van der Waals surface area contributed by atoms with Gasteiger partial charge in [-0.25, -0.2) is 4.98 Å². The molecule has 2 amide bonds. The van der Waals surface area contributed by atoms with Crippen molar-refractivity contribution in [2.24, 2.45) is 5.92 Å². The zero-order valence-electron chi connectivity index (χ0n) is 18.9. The molecule has 1 aromatic heterocycles. The van der Waals surface area contributed by atoms with E-state index in [1.54, 1.807) is 4.90 Å². The number of rotatable bonds is 6. The zero-order chi connectivity index (χ0) is 25.2. The highest BCUT2D eigenvalue weighted by molar-refractivity contribution is 5.90. The van der Waals surface area contributed by atoms with Crippen molar-refractivity contribution in [3.05, 3.63) is 59.3 Å². The summed E-state index contributed by atoms with van der Waals surface area (Å²) in [5.41, 5.74) is 1.12. The number of aliphatic hydroxyl groups excluding tert-OH is 2. The zero-order valence-corrected chi connectivity index (χ0v) is 18.9. The molecule has 0 radical (unpaired) electrons. The lowest BCUT2D eigenvalue weighted by atomic mass is 9.96. The largest absolute Gasteiger partial charge is 0.419 e. The Kier molecular flexibility index (Phi) is 7.27. The first-order valence-corrected chi connectivity index (χ1v) is 11.4. The summed E-state index contributed by atoms with van der Waals surface area (Å²) in [7, 11) is 0. The molecule has 11 heteroatoms. The summed E-state index contributed by atoms with van der Waals surface area (Å²) in [6.45, 7) is 1.43. The Hall–Kier alpha value is -3.18. The van der Waals surface area contributed by atoms with Gasteiger partial charge in [0.1, 0.15) is 5.82 Å². The molecular weight excluding hydrogens is 465 g/mol. The van der Waals surface area contributed by atoms with Crippen LogP contribution in [0.4, 0.5) is 19.0 Å². The molecule has 0 bridgehead atoms. The second-order valence-corrected chi connectivity index (χ2v) is 8.90. The minimum Gasteiger partial charge on any atom is -0.380 e. The fourth-order valence-corrected chi connectivity index (χ4v) is 4.52. The van der Waals surface area contributed by atoms with Crippen molar-refractivity contribution in [2.75, 3.05) is 24.5 Å². The third-order valence-corrected chi connectivity index (χ3v) is 6.54. The molecule has 2 aliphatic rings. The van der Waals surface area contributed by atoms with E-state index < -0.39 is 35.8 Å². The second kappa shape index (κ2) is 10.2. The third-order valence-electron chi connectivity index (χ3n) is 6.54. The van der Waals surface area contributed by atoms with Crippen molar-refractivity contribution in [3.63, 3.8) is 0 Å². The molecule has 3 N–H and O–H groups in total. The smallest absolute Gasteiger partial charge is 0.380 e. The molecule has 2 atom stereocenters. The van der Waals surface area contributed by atoms with Crippen molar-refractivity contribution < 1.29 is 33.0 Å². The van der Waals surface area contributed by atoms with Crippen LogP contribution in [0.2, 0.25) is 0 Å². The number of carbonyl (C=O) groups excluding carboxylic acids is 2. The normalized spacial score (nSPS) is 18.2. The summed E-state index contributed by atoms with van der Waals surface area (Å²) in [5.74, 6) is -1.73. The lowest BCUT2D eigenvalue weighted by Gasteiger charge is -2.34. The maximum Gasteiger partial charge on any atom is 0.419 e. The number of halogens is 3. The number of carbonyl (C=O) groups is 2. The number of amides is 2. The number of nitrogens with zero attached hydrogens (tertiary/aromatic N) is 3. The second-order valence-electron chi connectivity index (χ2n) is 8.90. The van der Waals surface area contributed by atoms with Crippen molar-refractivity contribution in [1.82, 2.24) is 15.2 Å². The van der Waals surface area contributed by atoms with Gasteiger partial charge in [-0.2, -0.15) is 13.2 Å². The van der Waals surface area contributed by atoms with E-state index in [1.165, 1.54) is 17.2 Å². The number of piperidine rings is 1. The Balaban J connectivity index is 1.25. The molecule has 1 fully saturated rings. The average Bonchev–Trinajstić information content (AvgIpc) is 3.30. The summed E-state index contributed by atoms with van der Waals surface area (Å²) in [5, 5.41) is 23.1. The number of anilines is 1. The molecule has 1 aromatic carbocycles.